The molecule has 126 valence electrons. The van der Waals surface area contributed by atoms with Crippen LogP contribution in [0.1, 0.15) is 6.42 Å². The van der Waals surface area contributed by atoms with Crippen LogP contribution in [0.25, 0.3) is 0 Å². The highest BCUT2D eigenvalue weighted by Crippen LogP contribution is 2.37. The van der Waals surface area contributed by atoms with Crippen LogP contribution in [0.5, 0.6) is 11.5 Å². The van der Waals surface area contributed by atoms with Crippen molar-refractivity contribution in [2.75, 3.05) is 24.9 Å². The van der Waals surface area contributed by atoms with Crippen molar-refractivity contribution in [3.63, 3.8) is 0 Å². The van der Waals surface area contributed by atoms with Crippen LogP contribution in [0.2, 0.25) is 0 Å². The van der Waals surface area contributed by atoms with Gasteiger partial charge in [-0.05, 0) is 0 Å². The van der Waals surface area contributed by atoms with Gasteiger partial charge in [-0.25, -0.2) is 4.90 Å². The van der Waals surface area contributed by atoms with E-state index in [-0.39, 0.29) is 18.2 Å². The number of ether oxygens (including phenoxy) is 2. The second kappa shape index (κ2) is 6.65. The van der Waals surface area contributed by atoms with Crippen LogP contribution in [-0.2, 0) is 9.59 Å². The minimum absolute atomic E-state index is 0.0858. The van der Waals surface area contributed by atoms with E-state index < -0.39 is 5.25 Å². The van der Waals surface area contributed by atoms with Crippen molar-refractivity contribution in [1.29, 1.82) is 0 Å². The lowest BCUT2D eigenvalue weighted by atomic mass is 10.2. The van der Waals surface area contributed by atoms with E-state index in [1.54, 1.807) is 18.2 Å². The minimum atomic E-state index is -0.554. The average Bonchev–Trinajstić information content (AvgIpc) is 3.10. The van der Waals surface area contributed by atoms with E-state index in [4.69, 9.17) is 15.2 Å². The first kappa shape index (κ1) is 16.5. The number of carbonyl (C=O) groups is 2. The zero-order valence-corrected chi connectivity index (χ0v) is 14.5. The highest BCUT2D eigenvalue weighted by atomic mass is 32.2. The van der Waals surface area contributed by atoms with Crippen molar-refractivity contribution in [3.05, 3.63) is 18.2 Å². The first-order valence-electron chi connectivity index (χ1n) is 6.87. The average molecular weight is 366 g/mol. The third kappa shape index (κ3) is 3.15. The summed E-state index contributed by atoms with van der Waals surface area (Å²) in [5, 5.41) is 7.35. The molecule has 1 aromatic heterocycles. The second-order valence-electron chi connectivity index (χ2n) is 4.86. The number of hydrogen-bond acceptors (Lipinski definition) is 9. The molecule has 10 heteroatoms. The lowest BCUT2D eigenvalue weighted by Crippen LogP contribution is -2.31. The molecule has 0 bridgehead atoms. The molecule has 1 atom stereocenters. The summed E-state index contributed by atoms with van der Waals surface area (Å²) >= 11 is 2.38. The molecule has 2 aromatic rings. The molecule has 1 fully saturated rings. The summed E-state index contributed by atoms with van der Waals surface area (Å²) in [7, 11) is 3.01. The van der Waals surface area contributed by atoms with Crippen molar-refractivity contribution < 1.29 is 19.1 Å². The standard InChI is InChI=1S/C14H14N4O4S2/c1-21-8-3-7(4-9(5-8)22-2)18-11(19)6-10(12(18)20)23-14-17-16-13(15)24-14/h3-5,10H,6H2,1-2H3,(H2,15,16)/t10-/m0/s1. The summed E-state index contributed by atoms with van der Waals surface area (Å²) < 4.78 is 10.9. The quantitative estimate of drug-likeness (QED) is 0.795. The van der Waals surface area contributed by atoms with Gasteiger partial charge in [-0.15, -0.1) is 10.2 Å². The number of carbonyl (C=O) groups excluding carboxylic acids is 2. The summed E-state index contributed by atoms with van der Waals surface area (Å²) in [5.41, 5.74) is 5.96. The largest absolute Gasteiger partial charge is 0.497 e. The number of amides is 2. The number of aromatic nitrogens is 2. The zero-order chi connectivity index (χ0) is 17.3. The van der Waals surface area contributed by atoms with Crippen molar-refractivity contribution in [2.24, 2.45) is 0 Å². The molecular formula is C14H14N4O4S2. The van der Waals surface area contributed by atoms with E-state index >= 15 is 0 Å². The number of nitrogens with zero attached hydrogens (tertiary/aromatic N) is 3. The molecular weight excluding hydrogens is 352 g/mol. The molecule has 0 aliphatic carbocycles. The number of anilines is 2. The van der Waals surface area contributed by atoms with E-state index in [9.17, 15) is 9.59 Å². The van der Waals surface area contributed by atoms with Gasteiger partial charge in [0.15, 0.2) is 4.34 Å². The summed E-state index contributed by atoms with van der Waals surface area (Å²) in [6.45, 7) is 0. The third-order valence-electron chi connectivity index (χ3n) is 3.36. The van der Waals surface area contributed by atoms with E-state index in [2.05, 4.69) is 10.2 Å². The minimum Gasteiger partial charge on any atom is -0.497 e. The number of methoxy groups -OCH3 is 2. The normalized spacial score (nSPS) is 17.4. The maximum Gasteiger partial charge on any atom is 0.247 e. The van der Waals surface area contributed by atoms with Crippen LogP contribution < -0.4 is 20.1 Å². The molecule has 0 saturated carbocycles. The van der Waals surface area contributed by atoms with Crippen molar-refractivity contribution in [3.8, 4) is 11.5 Å². The summed E-state index contributed by atoms with van der Waals surface area (Å²) in [4.78, 5) is 26.1. The Morgan fingerprint density at radius 1 is 1.21 bits per heavy atom. The summed E-state index contributed by atoms with van der Waals surface area (Å²) in [6, 6.07) is 4.91. The zero-order valence-electron chi connectivity index (χ0n) is 12.9. The van der Waals surface area contributed by atoms with Gasteiger partial charge in [-0.2, -0.15) is 0 Å². The first-order valence-corrected chi connectivity index (χ1v) is 8.57. The van der Waals surface area contributed by atoms with Gasteiger partial charge >= 0.3 is 0 Å². The Bertz CT molecular complexity index is 773. The Morgan fingerprint density at radius 2 is 1.88 bits per heavy atom. The number of hydrogen-bond donors (Lipinski definition) is 1. The first-order chi connectivity index (χ1) is 11.5. The van der Waals surface area contributed by atoms with Crippen LogP contribution in [0, 0.1) is 0 Å². The third-order valence-corrected chi connectivity index (χ3v) is 5.39. The molecule has 1 aromatic carbocycles. The Labute approximate surface area is 145 Å². The molecule has 2 amide bonds. The van der Waals surface area contributed by atoms with Crippen LogP contribution in [0.4, 0.5) is 10.8 Å². The van der Waals surface area contributed by atoms with Gasteiger partial charge in [-0.1, -0.05) is 23.1 Å². The molecule has 1 saturated heterocycles. The molecule has 0 radical (unpaired) electrons. The number of rotatable bonds is 5. The van der Waals surface area contributed by atoms with Crippen LogP contribution in [-0.4, -0.2) is 41.5 Å². The van der Waals surface area contributed by atoms with E-state index in [1.165, 1.54) is 37.3 Å². The molecule has 0 spiro atoms. The van der Waals surface area contributed by atoms with E-state index in [0.717, 1.165) is 4.90 Å². The Hall–Kier alpha value is -2.33. The number of thioether (sulfide) groups is 1. The number of imide groups is 1. The van der Waals surface area contributed by atoms with Crippen LogP contribution >= 0.6 is 23.1 Å². The lowest BCUT2D eigenvalue weighted by molar-refractivity contribution is -0.121. The molecule has 0 unspecified atom stereocenters. The maximum atomic E-state index is 12.7. The van der Waals surface area contributed by atoms with Crippen molar-refractivity contribution in [1.82, 2.24) is 10.2 Å². The fourth-order valence-corrected chi connectivity index (χ4v) is 4.18. The van der Waals surface area contributed by atoms with E-state index in [0.29, 0.717) is 26.7 Å². The molecule has 8 nitrogen and oxygen atoms in total. The lowest BCUT2D eigenvalue weighted by Gasteiger charge is -2.16. The molecule has 1 aliphatic heterocycles. The highest BCUT2D eigenvalue weighted by molar-refractivity contribution is 8.02. The molecule has 24 heavy (non-hydrogen) atoms. The topological polar surface area (TPSA) is 108 Å². The van der Waals surface area contributed by atoms with E-state index in [1.807, 2.05) is 0 Å². The highest BCUT2D eigenvalue weighted by Gasteiger charge is 2.41. The molecule has 1 aliphatic rings. The van der Waals surface area contributed by atoms with Gasteiger partial charge in [0, 0.05) is 24.6 Å². The van der Waals surface area contributed by atoms with Gasteiger partial charge < -0.3 is 15.2 Å². The Kier molecular flexibility index (Phi) is 4.58. The van der Waals surface area contributed by atoms with Gasteiger partial charge in [0.1, 0.15) is 16.7 Å². The fraction of sp³-hybridized carbons (Fsp3) is 0.286. The number of nitrogen functional groups attached to an aromatic ring is 1. The predicted molar refractivity (Wildman–Crippen MR) is 90.6 cm³/mol. The van der Waals surface area contributed by atoms with Gasteiger partial charge in [0.25, 0.3) is 0 Å². The van der Waals surface area contributed by atoms with Crippen molar-refractivity contribution >= 4 is 45.7 Å². The maximum absolute atomic E-state index is 12.7. The SMILES string of the molecule is COc1cc(OC)cc(N2C(=O)C[C@H](Sc3nnc(N)s3)C2=O)c1. The van der Waals surface area contributed by atoms with Crippen LogP contribution in [0.15, 0.2) is 22.5 Å². The Balaban J connectivity index is 1.86. The smallest absolute Gasteiger partial charge is 0.247 e. The predicted octanol–water partition coefficient (Wildman–Crippen LogP) is 1.56. The Morgan fingerprint density at radius 3 is 2.42 bits per heavy atom. The fourth-order valence-electron chi connectivity index (χ4n) is 2.28. The summed E-state index contributed by atoms with van der Waals surface area (Å²) in [6.07, 6.45) is 0.0858. The van der Waals surface area contributed by atoms with Gasteiger partial charge in [0.05, 0.1) is 19.9 Å². The van der Waals surface area contributed by atoms with Gasteiger partial charge in [0.2, 0.25) is 16.9 Å². The molecule has 2 N–H and O–H groups in total. The van der Waals surface area contributed by atoms with Crippen LogP contribution in [0.3, 0.4) is 0 Å². The van der Waals surface area contributed by atoms with Crippen molar-refractivity contribution in [2.45, 2.75) is 16.0 Å². The number of nitrogens with two attached hydrogens (primary N) is 1. The van der Waals surface area contributed by atoms with Gasteiger partial charge in [-0.3, -0.25) is 9.59 Å². The summed E-state index contributed by atoms with van der Waals surface area (Å²) in [5.74, 6) is 0.398. The monoisotopic (exact) mass is 366 g/mol. The molecule has 3 rings (SSSR count). The number of benzene rings is 1. The second-order valence-corrected chi connectivity index (χ2v) is 7.31. The molecule has 2 heterocycles.